The van der Waals surface area contributed by atoms with Gasteiger partial charge in [0.05, 0.1) is 36.8 Å². The van der Waals surface area contributed by atoms with Gasteiger partial charge in [-0.15, -0.1) is 0 Å². The van der Waals surface area contributed by atoms with Gasteiger partial charge in [-0.25, -0.2) is 0 Å². The van der Waals surface area contributed by atoms with Gasteiger partial charge >= 0.3 is 0 Å². The van der Waals surface area contributed by atoms with Crippen LogP contribution < -0.4 is 0 Å². The van der Waals surface area contributed by atoms with Crippen LogP contribution in [0.25, 0.3) is 0 Å². The minimum atomic E-state index is -0.145. The summed E-state index contributed by atoms with van der Waals surface area (Å²) in [7, 11) is 2.05. The van der Waals surface area contributed by atoms with Crippen LogP contribution in [0.2, 0.25) is 0 Å². The molecule has 0 aliphatic carbocycles. The molecule has 2 aliphatic rings. The number of aryl methyl sites for hydroxylation is 1. The highest BCUT2D eigenvalue weighted by atomic mass is 16.5. The number of aromatic amines is 1. The molecule has 0 radical (unpaired) electrons. The molecule has 1 N–H and O–H groups in total. The van der Waals surface area contributed by atoms with Crippen molar-refractivity contribution in [1.82, 2.24) is 20.0 Å². The molecule has 0 saturated heterocycles. The molecule has 6 nitrogen and oxygen atoms in total. The zero-order chi connectivity index (χ0) is 19.2. The topological polar surface area (TPSA) is 65.0 Å². The molecule has 0 amide bonds. The van der Waals surface area contributed by atoms with Crippen LogP contribution in [0.15, 0.2) is 0 Å². The summed E-state index contributed by atoms with van der Waals surface area (Å²) in [6, 6.07) is 0. The lowest BCUT2D eigenvalue weighted by atomic mass is 9.85. The van der Waals surface area contributed by atoms with E-state index < -0.39 is 0 Å². The van der Waals surface area contributed by atoms with Gasteiger partial charge < -0.3 is 9.47 Å². The molecule has 2 aromatic heterocycles. The van der Waals surface area contributed by atoms with E-state index in [0.717, 1.165) is 38.0 Å². The van der Waals surface area contributed by atoms with E-state index in [-0.39, 0.29) is 5.60 Å². The lowest BCUT2D eigenvalue weighted by Crippen LogP contribution is -2.36. The second-order valence-corrected chi connectivity index (χ2v) is 8.81. The second-order valence-electron chi connectivity index (χ2n) is 8.81. The number of nitrogens with one attached hydrogen (secondary N) is 1. The number of nitrogens with zero attached hydrogens (tertiary/aromatic N) is 3. The maximum Gasteiger partial charge on any atom is 0.0760 e. The smallest absolute Gasteiger partial charge is 0.0760 e. The SMILES string of the molecule is CC(C)c1n[nH]c2c1COC(C)(CCC(C)c1nn(C)c3c1COCC3)C2. The van der Waals surface area contributed by atoms with Crippen molar-refractivity contribution in [2.75, 3.05) is 6.61 Å². The molecule has 0 bridgehead atoms. The van der Waals surface area contributed by atoms with Crippen LogP contribution in [-0.2, 0) is 42.6 Å². The Morgan fingerprint density at radius 3 is 2.78 bits per heavy atom. The Morgan fingerprint density at radius 1 is 1.19 bits per heavy atom. The maximum atomic E-state index is 6.33. The van der Waals surface area contributed by atoms with Crippen LogP contribution in [0.1, 0.15) is 86.3 Å². The van der Waals surface area contributed by atoms with Crippen LogP contribution in [-0.4, -0.2) is 32.2 Å². The molecule has 2 aromatic rings. The lowest BCUT2D eigenvalue weighted by molar-refractivity contribution is -0.0623. The van der Waals surface area contributed by atoms with Crippen molar-refractivity contribution in [3.63, 3.8) is 0 Å². The molecule has 2 unspecified atom stereocenters. The third-order valence-electron chi connectivity index (χ3n) is 6.26. The molecule has 148 valence electrons. The van der Waals surface area contributed by atoms with Gasteiger partial charge in [-0.05, 0) is 25.7 Å². The van der Waals surface area contributed by atoms with Gasteiger partial charge in [-0.3, -0.25) is 9.78 Å². The van der Waals surface area contributed by atoms with Crippen LogP contribution in [0.5, 0.6) is 0 Å². The first-order chi connectivity index (χ1) is 12.9. The van der Waals surface area contributed by atoms with Gasteiger partial charge in [0.15, 0.2) is 0 Å². The van der Waals surface area contributed by atoms with Crippen molar-refractivity contribution >= 4 is 0 Å². The number of hydrogen-bond donors (Lipinski definition) is 1. The normalized spacial score (nSPS) is 23.3. The molecule has 4 rings (SSSR count). The molecular formula is C21H32N4O2. The Hall–Kier alpha value is -1.66. The first kappa shape index (κ1) is 18.7. The van der Waals surface area contributed by atoms with Crippen molar-refractivity contribution < 1.29 is 9.47 Å². The summed E-state index contributed by atoms with van der Waals surface area (Å²) in [5.74, 6) is 0.826. The van der Waals surface area contributed by atoms with Crippen molar-refractivity contribution in [2.45, 2.75) is 84.0 Å². The lowest BCUT2D eigenvalue weighted by Gasteiger charge is -2.34. The average molecular weight is 373 g/mol. The fourth-order valence-corrected chi connectivity index (χ4v) is 4.53. The van der Waals surface area contributed by atoms with E-state index in [9.17, 15) is 0 Å². The van der Waals surface area contributed by atoms with Crippen molar-refractivity contribution in [2.24, 2.45) is 7.05 Å². The van der Waals surface area contributed by atoms with E-state index in [4.69, 9.17) is 14.6 Å². The maximum absolute atomic E-state index is 6.33. The molecular weight excluding hydrogens is 340 g/mol. The molecule has 6 heteroatoms. The van der Waals surface area contributed by atoms with Crippen LogP contribution in [0.3, 0.4) is 0 Å². The fraction of sp³-hybridized carbons (Fsp3) is 0.714. The van der Waals surface area contributed by atoms with E-state index in [0.29, 0.717) is 25.0 Å². The first-order valence-electron chi connectivity index (χ1n) is 10.2. The number of fused-ring (bicyclic) bond motifs is 2. The second kappa shape index (κ2) is 7.06. The number of H-pyrrole nitrogens is 1. The monoisotopic (exact) mass is 372 g/mol. The number of ether oxygens (including phenoxy) is 2. The van der Waals surface area contributed by atoms with Crippen molar-refractivity contribution in [3.8, 4) is 0 Å². The molecule has 27 heavy (non-hydrogen) atoms. The van der Waals surface area contributed by atoms with Gasteiger partial charge in [-0.2, -0.15) is 10.2 Å². The van der Waals surface area contributed by atoms with E-state index in [2.05, 4.69) is 44.9 Å². The Balaban J connectivity index is 1.44. The van der Waals surface area contributed by atoms with Gasteiger partial charge in [-0.1, -0.05) is 20.8 Å². The molecule has 0 spiro atoms. The molecule has 0 saturated carbocycles. The predicted molar refractivity (Wildman–Crippen MR) is 104 cm³/mol. The van der Waals surface area contributed by atoms with E-state index in [1.54, 1.807) is 0 Å². The fourth-order valence-electron chi connectivity index (χ4n) is 4.53. The third-order valence-corrected chi connectivity index (χ3v) is 6.26. The molecule has 4 heterocycles. The molecule has 0 aromatic carbocycles. The standard InChI is InChI=1S/C21H32N4O2/c1-13(2)19-15-12-27-21(4,10-17(15)22-23-19)8-6-14(3)20-16-11-26-9-7-18(16)25(5)24-20/h13-14H,6-12H2,1-5H3,(H,22,23). The Kier molecular flexibility index (Phi) is 4.89. The molecule has 2 atom stereocenters. The summed E-state index contributed by atoms with van der Waals surface area (Å²) in [5.41, 5.74) is 7.38. The van der Waals surface area contributed by atoms with Gasteiger partial charge in [0, 0.05) is 48.3 Å². The van der Waals surface area contributed by atoms with Gasteiger partial charge in [0.25, 0.3) is 0 Å². The van der Waals surface area contributed by atoms with Crippen LogP contribution >= 0.6 is 0 Å². The van der Waals surface area contributed by atoms with E-state index >= 15 is 0 Å². The predicted octanol–water partition coefficient (Wildman–Crippen LogP) is 3.75. The largest absolute Gasteiger partial charge is 0.376 e. The van der Waals surface area contributed by atoms with Crippen LogP contribution in [0.4, 0.5) is 0 Å². The van der Waals surface area contributed by atoms with Gasteiger partial charge in [0.1, 0.15) is 0 Å². The quantitative estimate of drug-likeness (QED) is 0.868. The van der Waals surface area contributed by atoms with Crippen molar-refractivity contribution in [1.29, 1.82) is 0 Å². The molecule has 2 aliphatic heterocycles. The Labute approximate surface area is 161 Å². The number of aromatic nitrogens is 4. The highest BCUT2D eigenvalue weighted by molar-refractivity contribution is 5.31. The highest BCUT2D eigenvalue weighted by Gasteiger charge is 2.35. The Morgan fingerprint density at radius 2 is 2.00 bits per heavy atom. The van der Waals surface area contributed by atoms with Crippen LogP contribution in [0, 0.1) is 0 Å². The molecule has 0 fully saturated rings. The minimum absolute atomic E-state index is 0.145. The number of hydrogen-bond acceptors (Lipinski definition) is 4. The van der Waals surface area contributed by atoms with Crippen molar-refractivity contribution in [3.05, 3.63) is 33.9 Å². The summed E-state index contributed by atoms with van der Waals surface area (Å²) in [6.07, 6.45) is 3.93. The zero-order valence-corrected chi connectivity index (χ0v) is 17.3. The Bertz CT molecular complexity index is 823. The third kappa shape index (κ3) is 3.45. The summed E-state index contributed by atoms with van der Waals surface area (Å²) in [5, 5.41) is 12.6. The summed E-state index contributed by atoms with van der Waals surface area (Å²) in [6.45, 7) is 11.0. The summed E-state index contributed by atoms with van der Waals surface area (Å²) >= 11 is 0. The van der Waals surface area contributed by atoms with Gasteiger partial charge in [0.2, 0.25) is 0 Å². The summed E-state index contributed by atoms with van der Waals surface area (Å²) < 4.78 is 14.1. The minimum Gasteiger partial charge on any atom is -0.376 e. The summed E-state index contributed by atoms with van der Waals surface area (Å²) in [4.78, 5) is 0. The highest BCUT2D eigenvalue weighted by Crippen LogP contribution is 2.36. The van der Waals surface area contributed by atoms with E-state index in [1.165, 1.54) is 28.2 Å². The van der Waals surface area contributed by atoms with E-state index in [1.807, 2.05) is 4.68 Å². The zero-order valence-electron chi connectivity index (χ0n) is 17.3. The number of rotatable bonds is 5. The average Bonchev–Trinajstić information content (AvgIpc) is 3.21. The first-order valence-corrected chi connectivity index (χ1v) is 10.2.